The van der Waals surface area contributed by atoms with Crippen molar-refractivity contribution in [3.8, 4) is 0 Å². The standard InChI is InChI=1S/C15H32N2/c1-5-7-13-17(4)15-11-9-8-10-14(15)16(3)12-6-2/h14-15H,5-13H2,1-4H3. The molecule has 0 amide bonds. The van der Waals surface area contributed by atoms with Crippen molar-refractivity contribution in [3.05, 3.63) is 0 Å². The van der Waals surface area contributed by atoms with Gasteiger partial charge in [-0.3, -0.25) is 0 Å². The van der Waals surface area contributed by atoms with Gasteiger partial charge in [0.1, 0.15) is 0 Å². The normalized spacial score (nSPS) is 25.8. The third kappa shape index (κ3) is 4.59. The first-order valence-corrected chi connectivity index (χ1v) is 7.61. The van der Waals surface area contributed by atoms with Gasteiger partial charge < -0.3 is 9.80 Å². The molecule has 0 saturated heterocycles. The molecule has 17 heavy (non-hydrogen) atoms. The van der Waals surface area contributed by atoms with Gasteiger partial charge in [0, 0.05) is 12.1 Å². The molecule has 0 heterocycles. The third-order valence-electron chi connectivity index (χ3n) is 4.27. The van der Waals surface area contributed by atoms with Crippen LogP contribution in [0.3, 0.4) is 0 Å². The van der Waals surface area contributed by atoms with E-state index in [1.54, 1.807) is 0 Å². The zero-order chi connectivity index (χ0) is 12.7. The quantitative estimate of drug-likeness (QED) is 0.673. The Morgan fingerprint density at radius 1 is 0.824 bits per heavy atom. The lowest BCUT2D eigenvalue weighted by molar-refractivity contribution is 0.0769. The lowest BCUT2D eigenvalue weighted by atomic mass is 9.88. The van der Waals surface area contributed by atoms with Gasteiger partial charge >= 0.3 is 0 Å². The van der Waals surface area contributed by atoms with E-state index in [2.05, 4.69) is 37.7 Å². The van der Waals surface area contributed by atoms with E-state index in [4.69, 9.17) is 0 Å². The van der Waals surface area contributed by atoms with Crippen molar-refractivity contribution in [2.24, 2.45) is 0 Å². The van der Waals surface area contributed by atoms with Crippen molar-refractivity contribution in [1.29, 1.82) is 0 Å². The van der Waals surface area contributed by atoms with Gasteiger partial charge in [0.25, 0.3) is 0 Å². The Bertz CT molecular complexity index is 193. The SMILES string of the molecule is CCCCN(C)C1CCCCC1N(C)CCC. The zero-order valence-corrected chi connectivity index (χ0v) is 12.4. The molecule has 2 nitrogen and oxygen atoms in total. The molecule has 0 bridgehead atoms. The molecule has 1 saturated carbocycles. The summed E-state index contributed by atoms with van der Waals surface area (Å²) >= 11 is 0. The molecule has 2 unspecified atom stereocenters. The average Bonchev–Trinajstić information content (AvgIpc) is 2.36. The number of nitrogens with zero attached hydrogens (tertiary/aromatic N) is 2. The van der Waals surface area contributed by atoms with E-state index < -0.39 is 0 Å². The van der Waals surface area contributed by atoms with Crippen LogP contribution in [-0.2, 0) is 0 Å². The van der Waals surface area contributed by atoms with Gasteiger partial charge in [0.05, 0.1) is 0 Å². The minimum Gasteiger partial charge on any atom is -0.302 e. The van der Waals surface area contributed by atoms with E-state index in [0.717, 1.165) is 12.1 Å². The molecule has 0 spiro atoms. The first-order valence-electron chi connectivity index (χ1n) is 7.61. The zero-order valence-electron chi connectivity index (χ0n) is 12.4. The third-order valence-corrected chi connectivity index (χ3v) is 4.27. The number of hydrogen-bond acceptors (Lipinski definition) is 2. The summed E-state index contributed by atoms with van der Waals surface area (Å²) in [6.45, 7) is 7.10. The van der Waals surface area contributed by atoms with Gasteiger partial charge in [-0.2, -0.15) is 0 Å². The minimum atomic E-state index is 0.797. The van der Waals surface area contributed by atoms with Crippen LogP contribution in [-0.4, -0.2) is 49.1 Å². The Kier molecular flexibility index (Phi) is 7.14. The lowest BCUT2D eigenvalue weighted by Gasteiger charge is -2.42. The number of rotatable bonds is 7. The highest BCUT2D eigenvalue weighted by Crippen LogP contribution is 2.26. The van der Waals surface area contributed by atoms with Gasteiger partial charge in [-0.05, 0) is 52.9 Å². The van der Waals surface area contributed by atoms with E-state index in [9.17, 15) is 0 Å². The van der Waals surface area contributed by atoms with E-state index in [-0.39, 0.29) is 0 Å². The van der Waals surface area contributed by atoms with E-state index in [0.29, 0.717) is 0 Å². The molecule has 2 atom stereocenters. The predicted octanol–water partition coefficient (Wildman–Crippen LogP) is 3.37. The van der Waals surface area contributed by atoms with Crippen molar-refractivity contribution in [2.45, 2.75) is 70.9 Å². The predicted molar refractivity (Wildman–Crippen MR) is 76.5 cm³/mol. The molecule has 0 aromatic heterocycles. The molecule has 0 aromatic rings. The Morgan fingerprint density at radius 3 is 1.82 bits per heavy atom. The Labute approximate surface area is 108 Å². The highest BCUT2D eigenvalue weighted by molar-refractivity contribution is 4.87. The number of hydrogen-bond donors (Lipinski definition) is 0. The molecule has 0 aromatic carbocycles. The summed E-state index contributed by atoms with van der Waals surface area (Å²) in [7, 11) is 4.65. The molecular weight excluding hydrogens is 208 g/mol. The largest absolute Gasteiger partial charge is 0.302 e. The highest BCUT2D eigenvalue weighted by Gasteiger charge is 2.30. The van der Waals surface area contributed by atoms with Gasteiger partial charge in [-0.1, -0.05) is 33.1 Å². The van der Waals surface area contributed by atoms with E-state index in [1.165, 1.54) is 58.0 Å². The molecule has 0 radical (unpaired) electrons. The van der Waals surface area contributed by atoms with Gasteiger partial charge in [-0.25, -0.2) is 0 Å². The van der Waals surface area contributed by atoms with Crippen molar-refractivity contribution in [3.63, 3.8) is 0 Å². The van der Waals surface area contributed by atoms with Crippen LogP contribution in [0.5, 0.6) is 0 Å². The minimum absolute atomic E-state index is 0.797. The molecule has 0 N–H and O–H groups in total. The topological polar surface area (TPSA) is 6.48 Å². The Hall–Kier alpha value is -0.0800. The molecular formula is C15H32N2. The molecule has 1 fully saturated rings. The molecule has 1 aliphatic rings. The summed E-state index contributed by atoms with van der Waals surface area (Å²) < 4.78 is 0. The summed E-state index contributed by atoms with van der Waals surface area (Å²) in [6.07, 6.45) is 9.59. The molecule has 102 valence electrons. The first kappa shape index (κ1) is 15.0. The summed E-state index contributed by atoms with van der Waals surface area (Å²) in [5.41, 5.74) is 0. The average molecular weight is 240 g/mol. The highest BCUT2D eigenvalue weighted by atomic mass is 15.2. The molecule has 1 rings (SSSR count). The van der Waals surface area contributed by atoms with Crippen LogP contribution in [0.15, 0.2) is 0 Å². The fourth-order valence-corrected chi connectivity index (χ4v) is 3.21. The maximum Gasteiger partial charge on any atom is 0.0248 e. The fourth-order valence-electron chi connectivity index (χ4n) is 3.21. The second kappa shape index (κ2) is 8.10. The first-order chi connectivity index (χ1) is 8.20. The van der Waals surface area contributed by atoms with Crippen molar-refractivity contribution in [2.75, 3.05) is 27.2 Å². The number of unbranched alkanes of at least 4 members (excludes halogenated alkanes) is 1. The summed E-state index contributed by atoms with van der Waals surface area (Å²) in [6, 6.07) is 1.59. The van der Waals surface area contributed by atoms with Crippen LogP contribution in [0.1, 0.15) is 58.8 Å². The molecule has 1 aliphatic carbocycles. The van der Waals surface area contributed by atoms with Crippen LogP contribution >= 0.6 is 0 Å². The summed E-state index contributed by atoms with van der Waals surface area (Å²) in [4.78, 5) is 5.23. The van der Waals surface area contributed by atoms with E-state index in [1.807, 2.05) is 0 Å². The van der Waals surface area contributed by atoms with Crippen molar-refractivity contribution in [1.82, 2.24) is 9.80 Å². The molecule has 0 aliphatic heterocycles. The smallest absolute Gasteiger partial charge is 0.0248 e. The maximum atomic E-state index is 2.62. The van der Waals surface area contributed by atoms with Crippen LogP contribution in [0.25, 0.3) is 0 Å². The Morgan fingerprint density at radius 2 is 1.35 bits per heavy atom. The van der Waals surface area contributed by atoms with Gasteiger partial charge in [0.15, 0.2) is 0 Å². The van der Waals surface area contributed by atoms with Crippen molar-refractivity contribution < 1.29 is 0 Å². The monoisotopic (exact) mass is 240 g/mol. The molecule has 2 heteroatoms. The van der Waals surface area contributed by atoms with Crippen LogP contribution in [0, 0.1) is 0 Å². The summed E-state index contributed by atoms with van der Waals surface area (Å²) in [5, 5.41) is 0. The van der Waals surface area contributed by atoms with Gasteiger partial charge in [0.2, 0.25) is 0 Å². The lowest BCUT2D eigenvalue weighted by Crippen LogP contribution is -2.51. The summed E-state index contributed by atoms with van der Waals surface area (Å²) in [5.74, 6) is 0. The van der Waals surface area contributed by atoms with Crippen LogP contribution < -0.4 is 0 Å². The second-order valence-corrected chi connectivity index (χ2v) is 5.73. The Balaban J connectivity index is 2.52. The fraction of sp³-hybridized carbons (Fsp3) is 1.00. The van der Waals surface area contributed by atoms with Crippen LogP contribution in [0.2, 0.25) is 0 Å². The number of likely N-dealkylation sites (N-methyl/N-ethyl adjacent to an activating group) is 2. The maximum absolute atomic E-state index is 2.62. The van der Waals surface area contributed by atoms with Crippen LogP contribution in [0.4, 0.5) is 0 Å². The van der Waals surface area contributed by atoms with Crippen molar-refractivity contribution >= 4 is 0 Å². The van der Waals surface area contributed by atoms with Gasteiger partial charge in [-0.15, -0.1) is 0 Å². The van der Waals surface area contributed by atoms with E-state index >= 15 is 0 Å². The second-order valence-electron chi connectivity index (χ2n) is 5.73.